The quantitative estimate of drug-likeness (QED) is 0.461. The predicted molar refractivity (Wildman–Crippen MR) is 104 cm³/mol. The summed E-state index contributed by atoms with van der Waals surface area (Å²) in [6.07, 6.45) is 5.46. The van der Waals surface area contributed by atoms with Crippen molar-refractivity contribution >= 4 is 23.5 Å². The fraction of sp³-hybridized carbons (Fsp3) is 0.316. The highest BCUT2D eigenvalue weighted by Crippen LogP contribution is 2.36. The summed E-state index contributed by atoms with van der Waals surface area (Å²) in [5.74, 6) is -5.32. The summed E-state index contributed by atoms with van der Waals surface area (Å²) in [5, 5.41) is 34.3. The van der Waals surface area contributed by atoms with Gasteiger partial charge in [0.05, 0.1) is 11.9 Å². The fourth-order valence-electron chi connectivity index (χ4n) is 3.46. The van der Waals surface area contributed by atoms with E-state index in [2.05, 4.69) is 10.3 Å². The van der Waals surface area contributed by atoms with E-state index in [1.807, 2.05) is 5.32 Å². The Balaban J connectivity index is 2.12. The van der Waals surface area contributed by atoms with E-state index in [0.29, 0.717) is 12.8 Å². The summed E-state index contributed by atoms with van der Waals surface area (Å²) in [6.45, 7) is -0.780. The van der Waals surface area contributed by atoms with Gasteiger partial charge in [-0.05, 0) is 25.0 Å². The molecule has 0 aliphatic heterocycles. The molecule has 0 bridgehead atoms. The number of carboxylic acid groups (broad SMARTS) is 1. The lowest BCUT2D eigenvalue weighted by molar-refractivity contribution is -0.135. The Morgan fingerprint density at radius 3 is 2.43 bits per heavy atom. The third kappa shape index (κ3) is 4.09. The van der Waals surface area contributed by atoms with Crippen LogP contribution in [-0.4, -0.2) is 49.2 Å². The van der Waals surface area contributed by atoms with Crippen LogP contribution in [0, 0.1) is 0 Å². The van der Waals surface area contributed by atoms with Crippen LogP contribution in [0.15, 0.2) is 29.3 Å². The standard InChI is InChI=1S/C19H20N4O7/c24-12(25)9-21-16(27)13-15(26)14(17(28)22-10-4-3-7-20-8-10)19(30)23(18(13)29)11-5-1-2-6-11/h3-4,7-8,11,26,29H,1-2,5-6,9H2,(H,21,27)(H,22,28)(H,24,25). The smallest absolute Gasteiger partial charge is 0.322 e. The fourth-order valence-corrected chi connectivity index (χ4v) is 3.46. The maximum atomic E-state index is 13.0. The van der Waals surface area contributed by atoms with Crippen LogP contribution in [-0.2, 0) is 4.79 Å². The molecular formula is C19H20N4O7. The Kier molecular flexibility index (Phi) is 6.00. The maximum Gasteiger partial charge on any atom is 0.322 e. The molecule has 0 atom stereocenters. The minimum Gasteiger partial charge on any atom is -0.506 e. The molecule has 3 rings (SSSR count). The molecule has 2 aromatic rings. The number of carboxylic acids is 1. The van der Waals surface area contributed by atoms with Gasteiger partial charge in [0.15, 0.2) is 5.75 Å². The number of carbonyl (C=O) groups is 3. The zero-order chi connectivity index (χ0) is 21.8. The molecule has 5 N–H and O–H groups in total. The Labute approximate surface area is 170 Å². The second kappa shape index (κ2) is 8.64. The van der Waals surface area contributed by atoms with Gasteiger partial charge in [0, 0.05) is 12.2 Å². The van der Waals surface area contributed by atoms with E-state index in [-0.39, 0.29) is 5.69 Å². The van der Waals surface area contributed by atoms with E-state index in [0.717, 1.165) is 17.4 Å². The molecule has 1 fully saturated rings. The first-order chi connectivity index (χ1) is 14.3. The number of aromatic hydroxyl groups is 2. The number of hydrogen-bond acceptors (Lipinski definition) is 7. The summed E-state index contributed by atoms with van der Waals surface area (Å²) in [5.41, 5.74) is -2.17. The second-order valence-corrected chi connectivity index (χ2v) is 6.81. The molecule has 11 heteroatoms. The Morgan fingerprint density at radius 2 is 1.83 bits per heavy atom. The normalized spacial score (nSPS) is 13.7. The van der Waals surface area contributed by atoms with Crippen molar-refractivity contribution in [3.05, 3.63) is 46.0 Å². The Hall–Kier alpha value is -3.89. The minimum absolute atomic E-state index is 0.249. The van der Waals surface area contributed by atoms with E-state index in [1.165, 1.54) is 18.5 Å². The van der Waals surface area contributed by atoms with Crippen LogP contribution in [0.5, 0.6) is 11.6 Å². The summed E-state index contributed by atoms with van der Waals surface area (Å²) >= 11 is 0. The molecular weight excluding hydrogens is 396 g/mol. The van der Waals surface area contributed by atoms with E-state index < -0.39 is 58.7 Å². The first-order valence-electron chi connectivity index (χ1n) is 9.23. The van der Waals surface area contributed by atoms with Gasteiger partial charge in [-0.1, -0.05) is 12.8 Å². The van der Waals surface area contributed by atoms with E-state index >= 15 is 0 Å². The lowest BCUT2D eigenvalue weighted by atomic mass is 10.1. The number of aromatic nitrogens is 2. The number of rotatable bonds is 6. The van der Waals surface area contributed by atoms with Gasteiger partial charge in [-0.2, -0.15) is 0 Å². The number of carbonyl (C=O) groups excluding carboxylic acids is 2. The van der Waals surface area contributed by atoms with Crippen LogP contribution in [0.1, 0.15) is 52.4 Å². The number of pyridine rings is 2. The van der Waals surface area contributed by atoms with E-state index in [1.54, 1.807) is 6.07 Å². The number of amides is 2. The number of nitrogens with zero attached hydrogens (tertiary/aromatic N) is 2. The summed E-state index contributed by atoms with van der Waals surface area (Å²) in [4.78, 5) is 52.8. The van der Waals surface area contributed by atoms with Crippen molar-refractivity contribution in [3.8, 4) is 11.6 Å². The van der Waals surface area contributed by atoms with Crippen molar-refractivity contribution in [3.63, 3.8) is 0 Å². The van der Waals surface area contributed by atoms with Gasteiger partial charge in [-0.15, -0.1) is 0 Å². The monoisotopic (exact) mass is 416 g/mol. The predicted octanol–water partition coefficient (Wildman–Crippen LogP) is 0.836. The van der Waals surface area contributed by atoms with Gasteiger partial charge in [0.1, 0.15) is 17.7 Å². The summed E-state index contributed by atoms with van der Waals surface area (Å²) in [7, 11) is 0. The van der Waals surface area contributed by atoms with Crippen LogP contribution in [0.2, 0.25) is 0 Å². The third-order valence-electron chi connectivity index (χ3n) is 4.82. The lowest BCUT2D eigenvalue weighted by Crippen LogP contribution is -2.35. The van der Waals surface area contributed by atoms with Crippen molar-refractivity contribution in [2.24, 2.45) is 0 Å². The first kappa shape index (κ1) is 20.8. The number of nitrogens with one attached hydrogen (secondary N) is 2. The maximum absolute atomic E-state index is 13.0. The number of hydrogen-bond donors (Lipinski definition) is 5. The van der Waals surface area contributed by atoms with Gasteiger partial charge < -0.3 is 26.0 Å². The molecule has 2 aromatic heterocycles. The van der Waals surface area contributed by atoms with Crippen molar-refractivity contribution in [1.82, 2.24) is 14.9 Å². The molecule has 2 heterocycles. The molecule has 1 aliphatic carbocycles. The molecule has 0 unspecified atom stereocenters. The molecule has 1 aliphatic rings. The summed E-state index contributed by atoms with van der Waals surface area (Å²) in [6, 6.07) is 2.60. The Morgan fingerprint density at radius 1 is 1.13 bits per heavy atom. The van der Waals surface area contributed by atoms with Crippen molar-refractivity contribution in [2.45, 2.75) is 31.7 Å². The zero-order valence-electron chi connectivity index (χ0n) is 15.8. The average Bonchev–Trinajstić information content (AvgIpc) is 3.21. The molecule has 158 valence electrons. The highest BCUT2D eigenvalue weighted by Gasteiger charge is 2.33. The van der Waals surface area contributed by atoms with Crippen molar-refractivity contribution in [2.75, 3.05) is 11.9 Å². The zero-order valence-corrected chi connectivity index (χ0v) is 15.8. The van der Waals surface area contributed by atoms with Crippen LogP contribution in [0.4, 0.5) is 5.69 Å². The van der Waals surface area contributed by atoms with Crippen molar-refractivity contribution in [1.29, 1.82) is 0 Å². The van der Waals surface area contributed by atoms with Crippen LogP contribution in [0.3, 0.4) is 0 Å². The van der Waals surface area contributed by atoms with Crippen LogP contribution in [0.25, 0.3) is 0 Å². The number of aliphatic carboxylic acids is 1. The van der Waals surface area contributed by atoms with Gasteiger partial charge >= 0.3 is 5.97 Å². The highest BCUT2D eigenvalue weighted by atomic mass is 16.4. The summed E-state index contributed by atoms with van der Waals surface area (Å²) < 4.78 is 0.917. The topological polar surface area (TPSA) is 171 Å². The van der Waals surface area contributed by atoms with Crippen molar-refractivity contribution < 1.29 is 29.7 Å². The molecule has 2 amide bonds. The molecule has 11 nitrogen and oxygen atoms in total. The highest BCUT2D eigenvalue weighted by molar-refractivity contribution is 6.09. The third-order valence-corrected chi connectivity index (χ3v) is 4.82. The molecule has 30 heavy (non-hydrogen) atoms. The van der Waals surface area contributed by atoms with E-state index in [4.69, 9.17) is 5.11 Å². The number of anilines is 1. The van der Waals surface area contributed by atoms with Gasteiger partial charge in [0.25, 0.3) is 17.4 Å². The second-order valence-electron chi connectivity index (χ2n) is 6.81. The first-order valence-corrected chi connectivity index (χ1v) is 9.23. The van der Waals surface area contributed by atoms with E-state index in [9.17, 15) is 29.4 Å². The van der Waals surface area contributed by atoms with Gasteiger partial charge in [-0.25, -0.2) is 0 Å². The van der Waals surface area contributed by atoms with Gasteiger partial charge in [-0.3, -0.25) is 28.7 Å². The Bertz CT molecular complexity index is 1040. The molecule has 0 radical (unpaired) electrons. The lowest BCUT2D eigenvalue weighted by Gasteiger charge is -2.20. The molecule has 0 spiro atoms. The SMILES string of the molecule is O=C(O)CNC(=O)c1c(O)c(C(=O)Nc2cccnc2)c(=O)n(C2CCCC2)c1O. The van der Waals surface area contributed by atoms with Crippen LogP contribution < -0.4 is 16.2 Å². The molecule has 0 aromatic carbocycles. The van der Waals surface area contributed by atoms with Gasteiger partial charge in [0.2, 0.25) is 5.88 Å². The molecule has 0 saturated heterocycles. The van der Waals surface area contributed by atoms with Crippen LogP contribution >= 0.6 is 0 Å². The minimum atomic E-state index is -1.35. The molecule has 1 saturated carbocycles. The average molecular weight is 416 g/mol. The largest absolute Gasteiger partial charge is 0.506 e.